The van der Waals surface area contributed by atoms with Crippen LogP contribution in [0.2, 0.25) is 0 Å². The number of benzene rings is 1. The van der Waals surface area contributed by atoms with Crippen LogP contribution in [0.3, 0.4) is 0 Å². The van der Waals surface area contributed by atoms with Gasteiger partial charge in [0.2, 0.25) is 0 Å². The predicted molar refractivity (Wildman–Crippen MR) is 95.6 cm³/mol. The van der Waals surface area contributed by atoms with Crippen LogP contribution in [-0.2, 0) is 0 Å². The summed E-state index contributed by atoms with van der Waals surface area (Å²) in [4.78, 5) is 13.9. The van der Waals surface area contributed by atoms with Crippen LogP contribution < -0.4 is 10.3 Å². The molecule has 24 heavy (non-hydrogen) atoms. The maximum atomic E-state index is 11.4. The maximum Gasteiger partial charge on any atom is 0.264 e. The number of hydrogen-bond acceptors (Lipinski definition) is 4. The van der Waals surface area contributed by atoms with Crippen LogP contribution in [0.15, 0.2) is 29.2 Å². The summed E-state index contributed by atoms with van der Waals surface area (Å²) >= 11 is 0. The van der Waals surface area contributed by atoms with Crippen molar-refractivity contribution >= 4 is 0 Å². The van der Waals surface area contributed by atoms with Crippen LogP contribution in [0.1, 0.15) is 30.4 Å². The molecule has 2 heterocycles. The van der Waals surface area contributed by atoms with Crippen LogP contribution in [0, 0.1) is 13.8 Å². The molecule has 1 N–H and O–H groups in total. The third-order valence-electron chi connectivity index (χ3n) is 4.52. The Hall–Kier alpha value is -2.14. The molecule has 0 aliphatic carbocycles. The molecule has 1 fully saturated rings. The topological polar surface area (TPSA) is 58.2 Å². The second-order valence-corrected chi connectivity index (χ2v) is 6.52. The first kappa shape index (κ1) is 16.7. The first-order chi connectivity index (χ1) is 11.6. The zero-order chi connectivity index (χ0) is 16.9. The fraction of sp³-hybridized carbons (Fsp3) is 0.474. The van der Waals surface area contributed by atoms with E-state index in [9.17, 15) is 4.79 Å². The predicted octanol–water partition coefficient (Wildman–Crippen LogP) is 2.92. The van der Waals surface area contributed by atoms with E-state index in [-0.39, 0.29) is 5.56 Å². The van der Waals surface area contributed by atoms with Crippen LogP contribution >= 0.6 is 0 Å². The fourth-order valence-corrected chi connectivity index (χ4v) is 3.35. The normalized spacial score (nSPS) is 14.9. The van der Waals surface area contributed by atoms with E-state index in [2.05, 4.69) is 27.2 Å². The third-order valence-corrected chi connectivity index (χ3v) is 4.52. The van der Waals surface area contributed by atoms with Gasteiger partial charge in [0.25, 0.3) is 5.56 Å². The highest BCUT2D eigenvalue weighted by molar-refractivity contribution is 5.66. The van der Waals surface area contributed by atoms with Gasteiger partial charge in [-0.15, -0.1) is 0 Å². The number of rotatable bonds is 6. The fourth-order valence-electron chi connectivity index (χ4n) is 3.35. The Bertz CT molecular complexity index is 725. The van der Waals surface area contributed by atoms with Gasteiger partial charge in [0.15, 0.2) is 0 Å². The van der Waals surface area contributed by atoms with Gasteiger partial charge < -0.3 is 9.64 Å². The first-order valence-corrected chi connectivity index (χ1v) is 8.65. The zero-order valence-corrected chi connectivity index (χ0v) is 14.5. The molecule has 0 atom stereocenters. The highest BCUT2D eigenvalue weighted by Gasteiger charge is 2.12. The molecule has 0 amide bonds. The molecule has 1 aliphatic heterocycles. The van der Waals surface area contributed by atoms with Crippen molar-refractivity contribution < 1.29 is 4.74 Å². The van der Waals surface area contributed by atoms with Crippen LogP contribution in [0.25, 0.3) is 11.1 Å². The van der Waals surface area contributed by atoms with E-state index in [0.29, 0.717) is 0 Å². The van der Waals surface area contributed by atoms with Gasteiger partial charge in [0.1, 0.15) is 5.75 Å². The largest absolute Gasteiger partial charge is 0.493 e. The van der Waals surface area contributed by atoms with Gasteiger partial charge in [0, 0.05) is 18.2 Å². The Kier molecular flexibility index (Phi) is 5.30. The summed E-state index contributed by atoms with van der Waals surface area (Å²) in [5, 5.41) is 6.27. The van der Waals surface area contributed by atoms with Gasteiger partial charge in [-0.2, -0.15) is 5.10 Å². The number of aromatic amines is 1. The number of hydrogen-bond donors (Lipinski definition) is 1. The van der Waals surface area contributed by atoms with E-state index >= 15 is 0 Å². The minimum Gasteiger partial charge on any atom is -0.493 e. The van der Waals surface area contributed by atoms with Gasteiger partial charge in [-0.05, 0) is 75.0 Å². The third kappa shape index (κ3) is 4.03. The number of nitrogens with one attached hydrogen (secondary N) is 1. The molecule has 5 nitrogen and oxygen atoms in total. The summed E-state index contributed by atoms with van der Waals surface area (Å²) in [6, 6.07) is 5.68. The smallest absolute Gasteiger partial charge is 0.264 e. The summed E-state index contributed by atoms with van der Waals surface area (Å²) in [6.07, 6.45) is 5.39. The Morgan fingerprint density at radius 3 is 2.50 bits per heavy atom. The van der Waals surface area contributed by atoms with Gasteiger partial charge >= 0.3 is 0 Å². The van der Waals surface area contributed by atoms with E-state index in [1.807, 2.05) is 13.8 Å². The molecule has 5 heteroatoms. The number of nitrogens with zero attached hydrogens (tertiary/aromatic N) is 2. The zero-order valence-electron chi connectivity index (χ0n) is 14.5. The monoisotopic (exact) mass is 327 g/mol. The Balaban J connectivity index is 1.65. The highest BCUT2D eigenvalue weighted by atomic mass is 16.5. The highest BCUT2D eigenvalue weighted by Crippen LogP contribution is 2.29. The van der Waals surface area contributed by atoms with Gasteiger partial charge in [-0.1, -0.05) is 0 Å². The van der Waals surface area contributed by atoms with E-state index in [1.54, 1.807) is 12.3 Å². The SMILES string of the molecule is Cc1cc(-c2cn[nH]c(=O)c2)cc(C)c1OCCCN1CCCC1. The second-order valence-electron chi connectivity index (χ2n) is 6.52. The number of aryl methyl sites for hydroxylation is 2. The quantitative estimate of drug-likeness (QED) is 0.829. The van der Waals surface area contributed by atoms with E-state index in [4.69, 9.17) is 4.74 Å². The molecule has 3 rings (SSSR count). The van der Waals surface area contributed by atoms with Crippen molar-refractivity contribution in [3.63, 3.8) is 0 Å². The maximum absolute atomic E-state index is 11.4. The van der Waals surface area contributed by atoms with Crippen LogP contribution in [0.4, 0.5) is 0 Å². The first-order valence-electron chi connectivity index (χ1n) is 8.65. The number of ether oxygens (including phenoxy) is 1. The molecule has 1 aromatic carbocycles. The lowest BCUT2D eigenvalue weighted by Gasteiger charge is -2.17. The number of aromatic nitrogens is 2. The standard InChI is InChI=1S/C19H25N3O2/c1-14-10-16(17-12-18(23)21-20-13-17)11-15(2)19(14)24-9-5-8-22-6-3-4-7-22/h10-13H,3-9H2,1-2H3,(H,21,23). The molecule has 1 aliphatic rings. The average Bonchev–Trinajstić information content (AvgIpc) is 3.06. The van der Waals surface area contributed by atoms with Crippen molar-refractivity contribution in [2.24, 2.45) is 0 Å². The van der Waals surface area contributed by atoms with Crippen molar-refractivity contribution in [3.8, 4) is 16.9 Å². The lowest BCUT2D eigenvalue weighted by molar-refractivity contribution is 0.261. The van der Waals surface area contributed by atoms with Gasteiger partial charge in [-0.3, -0.25) is 4.79 Å². The van der Waals surface area contributed by atoms with Crippen LogP contribution in [0.5, 0.6) is 5.75 Å². The minimum atomic E-state index is -0.190. The molecule has 1 aromatic heterocycles. The van der Waals surface area contributed by atoms with E-state index in [0.717, 1.165) is 47.6 Å². The van der Waals surface area contributed by atoms with Crippen molar-refractivity contribution in [1.29, 1.82) is 0 Å². The summed E-state index contributed by atoms with van der Waals surface area (Å²) in [5.41, 5.74) is 3.81. The molecule has 0 radical (unpaired) electrons. The molecule has 0 bridgehead atoms. The van der Waals surface area contributed by atoms with Crippen molar-refractivity contribution in [2.45, 2.75) is 33.1 Å². The molecular weight excluding hydrogens is 302 g/mol. The second kappa shape index (κ2) is 7.62. The Labute approximate surface area is 142 Å². The summed E-state index contributed by atoms with van der Waals surface area (Å²) in [6.45, 7) is 8.42. The average molecular weight is 327 g/mol. The summed E-state index contributed by atoms with van der Waals surface area (Å²) in [7, 11) is 0. The van der Waals surface area contributed by atoms with Crippen LogP contribution in [-0.4, -0.2) is 41.3 Å². The van der Waals surface area contributed by atoms with Crippen molar-refractivity contribution in [2.75, 3.05) is 26.2 Å². The number of likely N-dealkylation sites (tertiary alicyclic amines) is 1. The minimum absolute atomic E-state index is 0.190. The number of H-pyrrole nitrogens is 1. The summed E-state index contributed by atoms with van der Waals surface area (Å²) < 4.78 is 6.03. The molecule has 0 unspecified atom stereocenters. The molecule has 0 spiro atoms. The van der Waals surface area contributed by atoms with Gasteiger partial charge in [0.05, 0.1) is 12.8 Å². The Morgan fingerprint density at radius 2 is 1.83 bits per heavy atom. The molecule has 1 saturated heterocycles. The van der Waals surface area contributed by atoms with Gasteiger partial charge in [-0.25, -0.2) is 5.10 Å². The Morgan fingerprint density at radius 1 is 1.12 bits per heavy atom. The molecule has 128 valence electrons. The van der Waals surface area contributed by atoms with Crippen molar-refractivity contribution in [3.05, 3.63) is 45.9 Å². The van der Waals surface area contributed by atoms with Crippen molar-refractivity contribution in [1.82, 2.24) is 15.1 Å². The molecule has 2 aromatic rings. The molecule has 0 saturated carbocycles. The lowest BCUT2D eigenvalue weighted by atomic mass is 10.0. The van der Waals surface area contributed by atoms with E-state index in [1.165, 1.54) is 25.9 Å². The van der Waals surface area contributed by atoms with E-state index < -0.39 is 0 Å². The molecular formula is C19H25N3O2. The lowest BCUT2D eigenvalue weighted by Crippen LogP contribution is -2.22. The summed E-state index contributed by atoms with van der Waals surface area (Å²) in [5.74, 6) is 0.956.